The van der Waals surface area contributed by atoms with Gasteiger partial charge in [-0.1, -0.05) is 12.1 Å². The molecule has 0 amide bonds. The third-order valence-electron chi connectivity index (χ3n) is 2.82. The fraction of sp³-hybridized carbons (Fsp3) is 0.308. The average molecular weight is 220 g/mol. The molecule has 1 aliphatic rings. The van der Waals surface area contributed by atoms with Crippen LogP contribution in [0.5, 0.6) is 0 Å². The van der Waals surface area contributed by atoms with E-state index in [4.69, 9.17) is 4.74 Å². The summed E-state index contributed by atoms with van der Waals surface area (Å²) in [5.74, 6) is -0.194. The molecule has 0 saturated carbocycles. The number of halogens is 1. The number of aldehydes is 1. The number of methoxy groups -OCH3 is 1. The molecule has 0 unspecified atom stereocenters. The Balaban J connectivity index is 2.44. The molecule has 0 fully saturated rings. The second kappa shape index (κ2) is 4.58. The van der Waals surface area contributed by atoms with Gasteiger partial charge < -0.3 is 4.74 Å². The van der Waals surface area contributed by atoms with E-state index in [-0.39, 0.29) is 12.4 Å². The first-order valence-corrected chi connectivity index (χ1v) is 5.21. The second-order valence-electron chi connectivity index (χ2n) is 3.88. The third-order valence-corrected chi connectivity index (χ3v) is 2.82. The average Bonchev–Trinajstić information content (AvgIpc) is 2.32. The van der Waals surface area contributed by atoms with Crippen LogP contribution in [0.25, 0.3) is 6.08 Å². The minimum atomic E-state index is -0.194. The topological polar surface area (TPSA) is 26.3 Å². The van der Waals surface area contributed by atoms with Gasteiger partial charge in [-0.3, -0.25) is 4.79 Å². The Kier molecular flexibility index (Phi) is 3.15. The summed E-state index contributed by atoms with van der Waals surface area (Å²) in [6, 6.07) is 3.55. The molecule has 0 bridgehead atoms. The summed E-state index contributed by atoms with van der Waals surface area (Å²) < 4.78 is 18.9. The predicted molar refractivity (Wildman–Crippen MR) is 59.5 cm³/mol. The number of carbonyl (C=O) groups excluding carboxylic acids is 1. The van der Waals surface area contributed by atoms with Gasteiger partial charge in [-0.25, -0.2) is 4.39 Å². The molecule has 16 heavy (non-hydrogen) atoms. The van der Waals surface area contributed by atoms with Crippen molar-refractivity contribution >= 4 is 12.4 Å². The van der Waals surface area contributed by atoms with E-state index < -0.39 is 0 Å². The van der Waals surface area contributed by atoms with Crippen molar-refractivity contribution in [3.63, 3.8) is 0 Å². The molecule has 0 saturated heterocycles. The van der Waals surface area contributed by atoms with Crippen LogP contribution in [-0.2, 0) is 22.6 Å². The lowest BCUT2D eigenvalue weighted by molar-refractivity contribution is -0.105. The largest absolute Gasteiger partial charge is 0.380 e. The minimum Gasteiger partial charge on any atom is -0.380 e. The van der Waals surface area contributed by atoms with Crippen LogP contribution in [0.1, 0.15) is 23.1 Å². The summed E-state index contributed by atoms with van der Waals surface area (Å²) in [5, 5.41) is 0. The number of benzene rings is 1. The fourth-order valence-electron chi connectivity index (χ4n) is 1.98. The first-order valence-electron chi connectivity index (χ1n) is 5.21. The smallest absolute Gasteiger partial charge is 0.146 e. The van der Waals surface area contributed by atoms with Gasteiger partial charge in [-0.05, 0) is 35.6 Å². The molecule has 0 aromatic heterocycles. The summed E-state index contributed by atoms with van der Waals surface area (Å²) in [6.45, 7) is 0.281. The molecule has 1 aromatic carbocycles. The molecule has 0 spiro atoms. The van der Waals surface area contributed by atoms with E-state index >= 15 is 0 Å². The van der Waals surface area contributed by atoms with Gasteiger partial charge in [-0.2, -0.15) is 0 Å². The van der Waals surface area contributed by atoms with E-state index in [1.807, 2.05) is 6.07 Å². The molecule has 0 aliphatic heterocycles. The zero-order valence-corrected chi connectivity index (χ0v) is 9.13. The lowest BCUT2D eigenvalue weighted by Crippen LogP contribution is -2.06. The van der Waals surface area contributed by atoms with Gasteiger partial charge in [0.2, 0.25) is 0 Å². The highest BCUT2D eigenvalue weighted by molar-refractivity contribution is 5.83. The van der Waals surface area contributed by atoms with Crippen LogP contribution in [0.2, 0.25) is 0 Å². The van der Waals surface area contributed by atoms with Crippen LogP contribution in [0.4, 0.5) is 4.39 Å². The highest BCUT2D eigenvalue weighted by Gasteiger charge is 2.16. The minimum absolute atomic E-state index is 0.194. The molecule has 0 radical (unpaired) electrons. The second-order valence-corrected chi connectivity index (χ2v) is 3.88. The Labute approximate surface area is 93.7 Å². The van der Waals surface area contributed by atoms with Crippen molar-refractivity contribution in [2.45, 2.75) is 19.4 Å². The van der Waals surface area contributed by atoms with E-state index in [2.05, 4.69) is 0 Å². The van der Waals surface area contributed by atoms with Gasteiger partial charge in [0.1, 0.15) is 12.1 Å². The molecular weight excluding hydrogens is 207 g/mol. The van der Waals surface area contributed by atoms with Gasteiger partial charge >= 0.3 is 0 Å². The van der Waals surface area contributed by atoms with Crippen molar-refractivity contribution in [2.24, 2.45) is 0 Å². The molecule has 0 heterocycles. The van der Waals surface area contributed by atoms with Gasteiger partial charge in [0.15, 0.2) is 0 Å². The number of allylic oxidation sites excluding steroid dienone is 1. The molecule has 3 heteroatoms. The summed E-state index contributed by atoms with van der Waals surface area (Å²) in [7, 11) is 1.54. The molecule has 1 aliphatic carbocycles. The van der Waals surface area contributed by atoms with Gasteiger partial charge in [-0.15, -0.1) is 0 Å². The molecule has 84 valence electrons. The Bertz CT molecular complexity index is 449. The van der Waals surface area contributed by atoms with E-state index in [0.29, 0.717) is 24.0 Å². The zero-order valence-electron chi connectivity index (χ0n) is 9.13. The van der Waals surface area contributed by atoms with Crippen LogP contribution in [0, 0.1) is 5.82 Å². The number of hydrogen-bond donors (Lipinski definition) is 0. The Morgan fingerprint density at radius 3 is 2.94 bits per heavy atom. The number of ether oxygens (including phenoxy) is 1. The molecule has 0 N–H and O–H groups in total. The van der Waals surface area contributed by atoms with Crippen molar-refractivity contribution in [3.8, 4) is 0 Å². The lowest BCUT2D eigenvalue weighted by atomic mass is 9.91. The fourth-order valence-corrected chi connectivity index (χ4v) is 1.98. The van der Waals surface area contributed by atoms with Crippen molar-refractivity contribution in [2.75, 3.05) is 7.11 Å². The summed E-state index contributed by atoms with van der Waals surface area (Å²) in [5.41, 5.74) is 2.81. The van der Waals surface area contributed by atoms with Crippen LogP contribution in [0.15, 0.2) is 17.7 Å². The molecule has 1 aromatic rings. The number of hydrogen-bond acceptors (Lipinski definition) is 2. The Morgan fingerprint density at radius 2 is 2.25 bits per heavy atom. The normalized spacial score (nSPS) is 14.2. The molecule has 2 rings (SSSR count). The highest BCUT2D eigenvalue weighted by atomic mass is 19.1. The van der Waals surface area contributed by atoms with E-state index in [1.54, 1.807) is 19.3 Å². The van der Waals surface area contributed by atoms with Crippen molar-refractivity contribution in [1.29, 1.82) is 0 Å². The van der Waals surface area contributed by atoms with Crippen molar-refractivity contribution in [3.05, 3.63) is 40.2 Å². The predicted octanol–water partition coefficient (Wildman–Crippen LogP) is 2.50. The monoisotopic (exact) mass is 220 g/mol. The zero-order chi connectivity index (χ0) is 11.5. The van der Waals surface area contributed by atoms with E-state index in [0.717, 1.165) is 17.4 Å². The number of fused-ring (bicyclic) bond motifs is 1. The molecular formula is C13H13FO2. The van der Waals surface area contributed by atoms with Crippen molar-refractivity contribution < 1.29 is 13.9 Å². The first-order chi connectivity index (χ1) is 7.76. The third kappa shape index (κ3) is 1.91. The summed E-state index contributed by atoms with van der Waals surface area (Å²) in [4.78, 5) is 10.6. The quantitative estimate of drug-likeness (QED) is 0.731. The maximum absolute atomic E-state index is 14.0. The van der Waals surface area contributed by atoms with Gasteiger partial charge in [0.05, 0.1) is 6.61 Å². The van der Waals surface area contributed by atoms with Crippen LogP contribution in [-0.4, -0.2) is 13.4 Å². The Hall–Kier alpha value is -1.48. The van der Waals surface area contributed by atoms with Gasteiger partial charge in [0.25, 0.3) is 0 Å². The summed E-state index contributed by atoms with van der Waals surface area (Å²) in [6.07, 6.45) is 3.79. The number of carbonyl (C=O) groups is 1. The maximum Gasteiger partial charge on any atom is 0.146 e. The van der Waals surface area contributed by atoms with Gasteiger partial charge in [0, 0.05) is 12.7 Å². The SMILES string of the molecule is COCc1ccc2c(c1F)CCC(C=O)=C2. The van der Waals surface area contributed by atoms with Crippen LogP contribution >= 0.6 is 0 Å². The number of rotatable bonds is 3. The van der Waals surface area contributed by atoms with E-state index in [1.165, 1.54) is 0 Å². The molecule has 2 nitrogen and oxygen atoms in total. The standard InChI is InChI=1S/C13H13FO2/c1-16-8-11-4-3-10-6-9(7-15)2-5-12(10)13(11)14/h3-4,6-7H,2,5,8H2,1H3. The maximum atomic E-state index is 14.0. The van der Waals surface area contributed by atoms with Crippen LogP contribution in [0.3, 0.4) is 0 Å². The van der Waals surface area contributed by atoms with E-state index in [9.17, 15) is 9.18 Å². The first kappa shape index (κ1) is 11.0. The Morgan fingerprint density at radius 1 is 1.44 bits per heavy atom. The van der Waals surface area contributed by atoms with Crippen molar-refractivity contribution in [1.82, 2.24) is 0 Å². The summed E-state index contributed by atoms with van der Waals surface area (Å²) >= 11 is 0. The lowest BCUT2D eigenvalue weighted by Gasteiger charge is -2.16. The molecule has 0 atom stereocenters. The highest BCUT2D eigenvalue weighted by Crippen LogP contribution is 2.27. The van der Waals surface area contributed by atoms with Crippen LogP contribution < -0.4 is 0 Å².